The summed E-state index contributed by atoms with van der Waals surface area (Å²) in [6.07, 6.45) is 0.152. The number of carbonyl (C=O) groups is 2. The summed E-state index contributed by atoms with van der Waals surface area (Å²) in [4.78, 5) is 30.1. The number of aryl methyl sites for hydroxylation is 1. The van der Waals surface area contributed by atoms with Crippen molar-refractivity contribution in [2.24, 2.45) is 0 Å². The van der Waals surface area contributed by atoms with Crippen LogP contribution in [0.1, 0.15) is 37.5 Å². The number of anilines is 1. The average Bonchev–Trinajstić information content (AvgIpc) is 3.02. The van der Waals surface area contributed by atoms with Gasteiger partial charge in [0.05, 0.1) is 22.2 Å². The second-order valence-corrected chi connectivity index (χ2v) is 15.8. The van der Waals surface area contributed by atoms with Crippen molar-refractivity contribution in [3.63, 3.8) is 0 Å². The van der Waals surface area contributed by atoms with Gasteiger partial charge in [0.25, 0.3) is 10.0 Å². The first-order valence-corrected chi connectivity index (χ1v) is 18.1. The number of carbonyl (C=O) groups excluding carboxylic acids is 2. The molecule has 1 N–H and O–H groups in total. The van der Waals surface area contributed by atoms with Crippen LogP contribution >= 0.6 is 39.1 Å². The van der Waals surface area contributed by atoms with Crippen LogP contribution in [-0.4, -0.2) is 50.4 Å². The minimum atomic E-state index is -4.32. The van der Waals surface area contributed by atoms with Crippen molar-refractivity contribution in [3.8, 4) is 5.75 Å². The highest BCUT2D eigenvalue weighted by atomic mass is 79.9. The van der Waals surface area contributed by atoms with Crippen molar-refractivity contribution < 1.29 is 22.7 Å². The number of methoxy groups -OCH3 is 1. The zero-order valence-corrected chi connectivity index (χ0v) is 31.3. The van der Waals surface area contributed by atoms with E-state index in [2.05, 4.69) is 21.2 Å². The summed E-state index contributed by atoms with van der Waals surface area (Å²) in [5, 5.41) is 3.62. The third kappa shape index (κ3) is 9.31. The molecule has 0 heterocycles. The number of halogens is 3. The first-order valence-electron chi connectivity index (χ1n) is 15.1. The van der Waals surface area contributed by atoms with Gasteiger partial charge in [0.2, 0.25) is 11.8 Å². The largest absolute Gasteiger partial charge is 0.496 e. The van der Waals surface area contributed by atoms with E-state index in [1.165, 1.54) is 30.2 Å². The fourth-order valence-corrected chi connectivity index (χ4v) is 7.69. The first kappa shape index (κ1) is 37.3. The van der Waals surface area contributed by atoms with Gasteiger partial charge in [0, 0.05) is 34.1 Å². The molecule has 0 bridgehead atoms. The predicted octanol–water partition coefficient (Wildman–Crippen LogP) is 7.82. The summed E-state index contributed by atoms with van der Waals surface area (Å²) in [7, 11) is -2.84. The van der Waals surface area contributed by atoms with E-state index in [9.17, 15) is 18.0 Å². The van der Waals surface area contributed by atoms with Gasteiger partial charge < -0.3 is 15.0 Å². The molecule has 2 amide bonds. The molecule has 0 aliphatic heterocycles. The maximum absolute atomic E-state index is 14.7. The molecule has 4 aromatic rings. The molecule has 1 atom stereocenters. The van der Waals surface area contributed by atoms with Crippen LogP contribution in [0.5, 0.6) is 5.75 Å². The summed E-state index contributed by atoms with van der Waals surface area (Å²) >= 11 is 16.6. The van der Waals surface area contributed by atoms with Crippen molar-refractivity contribution in [1.29, 1.82) is 0 Å². The maximum Gasteiger partial charge on any atom is 0.264 e. The van der Waals surface area contributed by atoms with Crippen LogP contribution in [0.2, 0.25) is 10.0 Å². The highest BCUT2D eigenvalue weighted by molar-refractivity contribution is 9.10. The van der Waals surface area contributed by atoms with Crippen LogP contribution in [0.15, 0.2) is 100 Å². The van der Waals surface area contributed by atoms with Gasteiger partial charge in [-0.15, -0.1) is 0 Å². The number of sulfonamides is 1. The van der Waals surface area contributed by atoms with Crippen LogP contribution < -0.4 is 14.4 Å². The van der Waals surface area contributed by atoms with E-state index >= 15 is 0 Å². The Morgan fingerprint density at radius 2 is 1.54 bits per heavy atom. The van der Waals surface area contributed by atoms with E-state index in [-0.39, 0.29) is 23.5 Å². The van der Waals surface area contributed by atoms with Gasteiger partial charge in [-0.25, -0.2) is 8.42 Å². The summed E-state index contributed by atoms with van der Waals surface area (Å²) < 4.78 is 35.5. The molecule has 4 aromatic carbocycles. The van der Waals surface area contributed by atoms with E-state index < -0.39 is 40.0 Å². The van der Waals surface area contributed by atoms with Crippen LogP contribution in [-0.2, 0) is 32.6 Å². The molecule has 0 unspecified atom stereocenters. The van der Waals surface area contributed by atoms with Crippen molar-refractivity contribution >= 4 is 66.7 Å². The SMILES string of the molecule is COc1ccc(S(=O)(=O)N(CC(=O)N(Cc2c(Cl)cccc2Cl)[C@H](Cc2ccccc2)C(=O)NC(C)(C)C)c2ccc(C)cc2)cc1Br. The average molecular weight is 776 g/mol. The molecular weight excluding hydrogens is 737 g/mol. The van der Waals surface area contributed by atoms with E-state index in [4.69, 9.17) is 27.9 Å². The third-order valence-corrected chi connectivity index (χ3v) is 10.6. The van der Waals surface area contributed by atoms with E-state index in [0.717, 1.165) is 15.4 Å². The Kier molecular flexibility index (Phi) is 12.2. The molecule has 0 aromatic heterocycles. The second-order valence-electron chi connectivity index (χ2n) is 12.3. The number of amides is 2. The standard InChI is InChI=1S/C36H38BrCl2N3O5S/c1-24-14-16-26(17-15-24)42(48(45,46)27-18-19-33(47-5)29(37)21-27)23-34(43)41(22-28-30(38)12-9-13-31(28)39)32(35(44)40-36(2,3)4)20-25-10-7-6-8-11-25/h6-19,21,32H,20,22-23H2,1-5H3,(H,40,44)/t32-/m1/s1. The molecule has 0 aliphatic carbocycles. The Hall–Kier alpha value is -3.57. The van der Waals surface area contributed by atoms with Crippen molar-refractivity contribution in [2.75, 3.05) is 18.0 Å². The predicted molar refractivity (Wildman–Crippen MR) is 195 cm³/mol. The molecule has 12 heteroatoms. The van der Waals surface area contributed by atoms with E-state index in [1.54, 1.807) is 42.5 Å². The maximum atomic E-state index is 14.7. The van der Waals surface area contributed by atoms with Gasteiger partial charge in [0.15, 0.2) is 0 Å². The van der Waals surface area contributed by atoms with Crippen LogP contribution in [0, 0.1) is 6.92 Å². The molecule has 0 fully saturated rings. The number of hydrogen-bond acceptors (Lipinski definition) is 5. The molecule has 0 radical (unpaired) electrons. The molecular formula is C36H38BrCl2N3O5S. The lowest BCUT2D eigenvalue weighted by atomic mass is 10.0. The highest BCUT2D eigenvalue weighted by Crippen LogP contribution is 2.32. The zero-order chi connectivity index (χ0) is 35.2. The van der Waals surface area contributed by atoms with Crippen LogP contribution in [0.4, 0.5) is 5.69 Å². The third-order valence-electron chi connectivity index (χ3n) is 7.47. The van der Waals surface area contributed by atoms with Gasteiger partial charge in [-0.3, -0.25) is 13.9 Å². The van der Waals surface area contributed by atoms with Gasteiger partial charge in [-0.2, -0.15) is 0 Å². The summed E-state index contributed by atoms with van der Waals surface area (Å²) in [5.41, 5.74) is 1.80. The number of ether oxygens (including phenoxy) is 1. The lowest BCUT2D eigenvalue weighted by molar-refractivity contribution is -0.140. The molecule has 254 valence electrons. The Bertz CT molecular complexity index is 1850. The zero-order valence-electron chi connectivity index (χ0n) is 27.3. The number of nitrogens with one attached hydrogen (secondary N) is 1. The van der Waals surface area contributed by atoms with Crippen LogP contribution in [0.3, 0.4) is 0 Å². The van der Waals surface area contributed by atoms with Crippen molar-refractivity contribution in [3.05, 3.63) is 122 Å². The van der Waals surface area contributed by atoms with Crippen molar-refractivity contribution in [2.45, 2.75) is 57.1 Å². The van der Waals surface area contributed by atoms with Crippen LogP contribution in [0.25, 0.3) is 0 Å². The molecule has 4 rings (SSSR count). The lowest BCUT2D eigenvalue weighted by Gasteiger charge is -2.35. The highest BCUT2D eigenvalue weighted by Gasteiger charge is 2.36. The number of rotatable bonds is 12. The van der Waals surface area contributed by atoms with Gasteiger partial charge in [-0.1, -0.05) is 77.3 Å². The van der Waals surface area contributed by atoms with Gasteiger partial charge >= 0.3 is 0 Å². The molecule has 0 saturated heterocycles. The van der Waals surface area contributed by atoms with Gasteiger partial charge in [0.1, 0.15) is 18.3 Å². The fourth-order valence-electron chi connectivity index (χ4n) is 5.04. The molecule has 8 nitrogen and oxygen atoms in total. The van der Waals surface area contributed by atoms with Gasteiger partial charge in [-0.05, 0) is 91.7 Å². The second kappa shape index (κ2) is 15.8. The minimum absolute atomic E-state index is 0.0597. The number of hydrogen-bond donors (Lipinski definition) is 1. The Labute approximate surface area is 301 Å². The topological polar surface area (TPSA) is 96.0 Å². The lowest BCUT2D eigenvalue weighted by Crippen LogP contribution is -2.56. The number of benzene rings is 4. The number of nitrogens with zero attached hydrogens (tertiary/aromatic N) is 2. The fraction of sp³-hybridized carbons (Fsp3) is 0.278. The summed E-state index contributed by atoms with van der Waals surface area (Å²) in [6.45, 7) is 6.65. The first-order chi connectivity index (χ1) is 22.6. The molecule has 0 saturated carbocycles. The van der Waals surface area contributed by atoms with Crippen molar-refractivity contribution in [1.82, 2.24) is 10.2 Å². The Morgan fingerprint density at radius 1 is 0.917 bits per heavy atom. The van der Waals surface area contributed by atoms with E-state index in [0.29, 0.717) is 25.8 Å². The molecule has 0 spiro atoms. The summed E-state index contributed by atoms with van der Waals surface area (Å²) in [5.74, 6) is -0.595. The molecule has 0 aliphatic rings. The Morgan fingerprint density at radius 3 is 2.10 bits per heavy atom. The normalized spacial score (nSPS) is 12.2. The van der Waals surface area contributed by atoms with E-state index in [1.807, 2.05) is 58.0 Å². The summed E-state index contributed by atoms with van der Waals surface area (Å²) in [6, 6.07) is 24.4. The Balaban J connectivity index is 1.86. The quantitative estimate of drug-likeness (QED) is 0.158. The molecule has 48 heavy (non-hydrogen) atoms. The minimum Gasteiger partial charge on any atom is -0.496 e. The monoisotopic (exact) mass is 773 g/mol. The smallest absolute Gasteiger partial charge is 0.264 e.